The van der Waals surface area contributed by atoms with E-state index in [0.717, 1.165) is 29.7 Å². The second-order valence-corrected chi connectivity index (χ2v) is 7.86. The number of likely N-dealkylation sites (N-methyl/N-ethyl adjacent to an activating group) is 1. The summed E-state index contributed by atoms with van der Waals surface area (Å²) in [6.07, 6.45) is 2.31. The zero-order valence-electron chi connectivity index (χ0n) is 18.0. The van der Waals surface area contributed by atoms with Gasteiger partial charge in [0.1, 0.15) is 11.8 Å². The maximum absolute atomic E-state index is 13.3. The first-order valence-electron chi connectivity index (χ1n) is 10.4. The molecule has 0 aromatic heterocycles. The Bertz CT molecular complexity index is 854. The standard InChI is InChI=1S/C24H31N3O3/c1-26(2)21(19-12-9-13-20(16-19)30-3)17-25-24(29)23(18-10-5-4-6-11-18)27-15-8-7-14-22(27)28/h4-6,9-13,16,21,23H,7-8,14-15,17H2,1-3H3,(H,25,29). The smallest absolute Gasteiger partial charge is 0.247 e. The largest absolute Gasteiger partial charge is 0.497 e. The van der Waals surface area contributed by atoms with Crippen molar-refractivity contribution in [1.82, 2.24) is 15.1 Å². The number of benzene rings is 2. The molecular weight excluding hydrogens is 378 g/mol. The lowest BCUT2D eigenvalue weighted by molar-refractivity contribution is -0.142. The highest BCUT2D eigenvalue weighted by molar-refractivity contribution is 5.89. The van der Waals surface area contributed by atoms with Crippen LogP contribution in [0.2, 0.25) is 0 Å². The molecule has 160 valence electrons. The number of nitrogens with zero attached hydrogens (tertiary/aromatic N) is 2. The summed E-state index contributed by atoms with van der Waals surface area (Å²) in [4.78, 5) is 29.7. The van der Waals surface area contributed by atoms with E-state index in [-0.39, 0.29) is 17.9 Å². The maximum Gasteiger partial charge on any atom is 0.247 e. The number of ether oxygens (including phenoxy) is 1. The SMILES string of the molecule is COc1cccc(C(CNC(=O)C(c2ccccc2)N2CCCCC2=O)N(C)C)c1. The summed E-state index contributed by atoms with van der Waals surface area (Å²) in [7, 11) is 5.62. The summed E-state index contributed by atoms with van der Waals surface area (Å²) in [6.45, 7) is 1.04. The minimum atomic E-state index is -0.605. The molecule has 0 radical (unpaired) electrons. The molecule has 2 atom stereocenters. The number of likely N-dealkylation sites (tertiary alicyclic amines) is 1. The van der Waals surface area contributed by atoms with Crippen LogP contribution in [0.4, 0.5) is 0 Å². The number of carbonyl (C=O) groups excluding carboxylic acids is 2. The van der Waals surface area contributed by atoms with E-state index in [4.69, 9.17) is 4.74 Å². The predicted molar refractivity (Wildman–Crippen MR) is 117 cm³/mol. The molecule has 1 N–H and O–H groups in total. The zero-order chi connectivity index (χ0) is 21.5. The van der Waals surface area contributed by atoms with Gasteiger partial charge in [-0.15, -0.1) is 0 Å². The van der Waals surface area contributed by atoms with Gasteiger partial charge in [-0.05, 0) is 50.2 Å². The van der Waals surface area contributed by atoms with Crippen LogP contribution in [0, 0.1) is 0 Å². The van der Waals surface area contributed by atoms with Crippen molar-refractivity contribution in [1.29, 1.82) is 0 Å². The van der Waals surface area contributed by atoms with Crippen molar-refractivity contribution < 1.29 is 14.3 Å². The van der Waals surface area contributed by atoms with E-state index in [1.807, 2.05) is 68.7 Å². The maximum atomic E-state index is 13.3. The molecule has 2 aromatic carbocycles. The van der Waals surface area contributed by atoms with E-state index in [1.165, 1.54) is 0 Å². The number of nitrogens with one attached hydrogen (secondary N) is 1. The quantitative estimate of drug-likeness (QED) is 0.728. The van der Waals surface area contributed by atoms with Crippen LogP contribution in [0.1, 0.15) is 42.5 Å². The number of hydrogen-bond acceptors (Lipinski definition) is 4. The van der Waals surface area contributed by atoms with Gasteiger partial charge in [0.05, 0.1) is 13.2 Å². The molecule has 6 heteroatoms. The highest BCUT2D eigenvalue weighted by Gasteiger charge is 2.33. The van der Waals surface area contributed by atoms with Crippen LogP contribution in [0.3, 0.4) is 0 Å². The van der Waals surface area contributed by atoms with E-state index in [9.17, 15) is 9.59 Å². The van der Waals surface area contributed by atoms with E-state index in [0.29, 0.717) is 19.5 Å². The Hall–Kier alpha value is -2.86. The Balaban J connectivity index is 1.79. The minimum absolute atomic E-state index is 0.0162. The van der Waals surface area contributed by atoms with Gasteiger partial charge < -0.3 is 19.9 Å². The lowest BCUT2D eigenvalue weighted by atomic mass is 10.00. The molecular formula is C24H31N3O3. The summed E-state index contributed by atoms with van der Waals surface area (Å²) >= 11 is 0. The summed E-state index contributed by atoms with van der Waals surface area (Å²) < 4.78 is 5.35. The van der Waals surface area contributed by atoms with Gasteiger partial charge in [-0.2, -0.15) is 0 Å². The van der Waals surface area contributed by atoms with Gasteiger partial charge in [-0.3, -0.25) is 9.59 Å². The first-order valence-corrected chi connectivity index (χ1v) is 10.4. The van der Waals surface area contributed by atoms with Gasteiger partial charge in [0.15, 0.2) is 0 Å². The average Bonchev–Trinajstić information content (AvgIpc) is 2.76. The fourth-order valence-corrected chi connectivity index (χ4v) is 3.95. The monoisotopic (exact) mass is 409 g/mol. The molecule has 2 unspecified atom stereocenters. The molecule has 2 amide bonds. The number of hydrogen-bond donors (Lipinski definition) is 1. The van der Waals surface area contributed by atoms with E-state index in [2.05, 4.69) is 10.2 Å². The van der Waals surface area contributed by atoms with Crippen molar-refractivity contribution in [3.63, 3.8) is 0 Å². The molecule has 0 saturated carbocycles. The molecule has 1 fully saturated rings. The van der Waals surface area contributed by atoms with Gasteiger partial charge in [0.2, 0.25) is 11.8 Å². The Labute approximate surface area is 178 Å². The van der Waals surface area contributed by atoms with Crippen molar-refractivity contribution in [2.24, 2.45) is 0 Å². The zero-order valence-corrected chi connectivity index (χ0v) is 18.0. The third-order valence-electron chi connectivity index (χ3n) is 5.61. The third kappa shape index (κ3) is 5.19. The van der Waals surface area contributed by atoms with Gasteiger partial charge in [-0.1, -0.05) is 42.5 Å². The molecule has 1 saturated heterocycles. The van der Waals surface area contributed by atoms with Crippen molar-refractivity contribution >= 4 is 11.8 Å². The van der Waals surface area contributed by atoms with Crippen molar-refractivity contribution in [2.45, 2.75) is 31.3 Å². The van der Waals surface area contributed by atoms with Crippen LogP contribution >= 0.6 is 0 Å². The van der Waals surface area contributed by atoms with Crippen LogP contribution in [0.15, 0.2) is 54.6 Å². The minimum Gasteiger partial charge on any atom is -0.497 e. The molecule has 3 rings (SSSR count). The van der Waals surface area contributed by atoms with Crippen LogP contribution in [0.5, 0.6) is 5.75 Å². The lowest BCUT2D eigenvalue weighted by Crippen LogP contribution is -2.47. The highest BCUT2D eigenvalue weighted by Crippen LogP contribution is 2.27. The molecule has 2 aromatic rings. The Kier molecular flexibility index (Phi) is 7.46. The molecule has 1 aliphatic heterocycles. The number of amides is 2. The first kappa shape index (κ1) is 21.8. The van der Waals surface area contributed by atoms with Gasteiger partial charge >= 0.3 is 0 Å². The molecule has 0 spiro atoms. The number of piperidine rings is 1. The van der Waals surface area contributed by atoms with Gasteiger partial charge in [-0.25, -0.2) is 0 Å². The summed E-state index contributed by atoms with van der Waals surface area (Å²) in [6, 6.07) is 16.8. The normalized spacial score (nSPS) is 16.3. The van der Waals surface area contributed by atoms with Gasteiger partial charge in [0, 0.05) is 19.5 Å². The number of rotatable bonds is 8. The summed E-state index contributed by atoms with van der Waals surface area (Å²) in [5.74, 6) is 0.681. The second kappa shape index (κ2) is 10.3. The van der Waals surface area contributed by atoms with Crippen molar-refractivity contribution in [3.05, 3.63) is 65.7 Å². The van der Waals surface area contributed by atoms with Crippen LogP contribution < -0.4 is 10.1 Å². The highest BCUT2D eigenvalue weighted by atomic mass is 16.5. The molecule has 6 nitrogen and oxygen atoms in total. The Morgan fingerprint density at radius 1 is 1.10 bits per heavy atom. The molecule has 0 aliphatic carbocycles. The topological polar surface area (TPSA) is 61.9 Å². The lowest BCUT2D eigenvalue weighted by Gasteiger charge is -2.34. The summed E-state index contributed by atoms with van der Waals surface area (Å²) in [5, 5.41) is 3.10. The number of carbonyl (C=O) groups is 2. The number of methoxy groups -OCH3 is 1. The van der Waals surface area contributed by atoms with E-state index >= 15 is 0 Å². The predicted octanol–water partition coefficient (Wildman–Crippen LogP) is 3.17. The van der Waals surface area contributed by atoms with Crippen molar-refractivity contribution in [2.75, 3.05) is 34.3 Å². The van der Waals surface area contributed by atoms with Gasteiger partial charge in [0.25, 0.3) is 0 Å². The summed E-state index contributed by atoms with van der Waals surface area (Å²) in [5.41, 5.74) is 1.90. The fraction of sp³-hybridized carbons (Fsp3) is 0.417. The van der Waals surface area contributed by atoms with Crippen molar-refractivity contribution in [3.8, 4) is 5.75 Å². The second-order valence-electron chi connectivity index (χ2n) is 7.86. The third-order valence-corrected chi connectivity index (χ3v) is 5.61. The average molecular weight is 410 g/mol. The molecule has 1 heterocycles. The van der Waals surface area contributed by atoms with Crippen LogP contribution in [-0.2, 0) is 9.59 Å². The molecule has 1 aliphatic rings. The Morgan fingerprint density at radius 3 is 2.50 bits per heavy atom. The molecule has 30 heavy (non-hydrogen) atoms. The van der Waals surface area contributed by atoms with Crippen LogP contribution in [0.25, 0.3) is 0 Å². The fourth-order valence-electron chi connectivity index (χ4n) is 3.95. The van der Waals surface area contributed by atoms with E-state index < -0.39 is 6.04 Å². The molecule has 0 bridgehead atoms. The van der Waals surface area contributed by atoms with E-state index in [1.54, 1.807) is 12.0 Å². The Morgan fingerprint density at radius 2 is 1.83 bits per heavy atom. The van der Waals surface area contributed by atoms with Crippen LogP contribution in [-0.4, -0.2) is 55.9 Å². The first-order chi connectivity index (χ1) is 14.5.